The van der Waals surface area contributed by atoms with Crippen molar-refractivity contribution in [3.63, 3.8) is 0 Å². The Kier molecular flexibility index (Phi) is 3.09. The molecule has 0 fully saturated rings. The normalized spacial score (nSPS) is 10.7. The minimum Gasteiger partial charge on any atom is -0.370 e. The number of nitrogens with one attached hydrogen (secondary N) is 1. The van der Waals surface area contributed by atoms with Gasteiger partial charge in [-0.2, -0.15) is 0 Å². The molecule has 0 saturated heterocycles. The quantitative estimate of drug-likeness (QED) is 0.843. The molecule has 1 aromatic heterocycles. The summed E-state index contributed by atoms with van der Waals surface area (Å²) in [7, 11) is 0. The Labute approximate surface area is 96.7 Å². The first-order valence-electron chi connectivity index (χ1n) is 5.83. The fourth-order valence-electron chi connectivity index (χ4n) is 1.90. The minimum atomic E-state index is 0.971. The van der Waals surface area contributed by atoms with Gasteiger partial charge in [0.15, 0.2) is 0 Å². The van der Waals surface area contributed by atoms with Crippen LogP contribution in [0.2, 0.25) is 0 Å². The smallest absolute Gasteiger partial charge is 0.133 e. The van der Waals surface area contributed by atoms with Crippen LogP contribution in [0.25, 0.3) is 10.8 Å². The standard InChI is InChI=1S/C14H18N2/c1-4-8-15-14-13-6-5-10(2)11(3)12(13)7-9-16-14/h5-7,9H,4,8H2,1-3H3,(H,15,16). The van der Waals surface area contributed by atoms with Crippen molar-refractivity contribution in [2.45, 2.75) is 27.2 Å². The zero-order chi connectivity index (χ0) is 11.5. The minimum absolute atomic E-state index is 0.971. The number of hydrogen-bond acceptors (Lipinski definition) is 2. The van der Waals surface area contributed by atoms with Crippen LogP contribution in [0, 0.1) is 13.8 Å². The summed E-state index contributed by atoms with van der Waals surface area (Å²) in [4.78, 5) is 4.40. The number of rotatable bonds is 3. The zero-order valence-corrected chi connectivity index (χ0v) is 10.2. The molecule has 0 aliphatic carbocycles. The summed E-state index contributed by atoms with van der Waals surface area (Å²) in [6.45, 7) is 7.45. The summed E-state index contributed by atoms with van der Waals surface area (Å²) >= 11 is 0. The van der Waals surface area contributed by atoms with Gasteiger partial charge in [-0.3, -0.25) is 0 Å². The van der Waals surface area contributed by atoms with Crippen molar-refractivity contribution in [3.8, 4) is 0 Å². The van der Waals surface area contributed by atoms with Gasteiger partial charge in [0.25, 0.3) is 0 Å². The van der Waals surface area contributed by atoms with E-state index in [0.717, 1.165) is 18.8 Å². The van der Waals surface area contributed by atoms with E-state index in [4.69, 9.17) is 0 Å². The second kappa shape index (κ2) is 4.52. The van der Waals surface area contributed by atoms with Gasteiger partial charge in [-0.05, 0) is 42.8 Å². The Hall–Kier alpha value is -1.57. The summed E-state index contributed by atoms with van der Waals surface area (Å²) in [5.41, 5.74) is 2.68. The highest BCUT2D eigenvalue weighted by Crippen LogP contribution is 2.25. The number of nitrogens with zero attached hydrogens (tertiary/aromatic N) is 1. The molecule has 2 heteroatoms. The van der Waals surface area contributed by atoms with E-state index in [1.165, 1.54) is 21.9 Å². The van der Waals surface area contributed by atoms with Gasteiger partial charge in [0.05, 0.1) is 0 Å². The Morgan fingerprint density at radius 1 is 1.12 bits per heavy atom. The molecule has 0 bridgehead atoms. The summed E-state index contributed by atoms with van der Waals surface area (Å²) < 4.78 is 0. The lowest BCUT2D eigenvalue weighted by Gasteiger charge is -2.10. The van der Waals surface area contributed by atoms with E-state index in [0.29, 0.717) is 0 Å². The average molecular weight is 214 g/mol. The van der Waals surface area contributed by atoms with Crippen LogP contribution in [-0.4, -0.2) is 11.5 Å². The summed E-state index contributed by atoms with van der Waals surface area (Å²) in [5, 5.41) is 5.89. The molecule has 84 valence electrons. The van der Waals surface area contributed by atoms with Crippen LogP contribution in [0.1, 0.15) is 24.5 Å². The lowest BCUT2D eigenvalue weighted by Crippen LogP contribution is -2.02. The van der Waals surface area contributed by atoms with Gasteiger partial charge in [-0.15, -0.1) is 0 Å². The predicted octanol–water partition coefficient (Wildman–Crippen LogP) is 3.67. The van der Waals surface area contributed by atoms with E-state index in [-0.39, 0.29) is 0 Å². The maximum Gasteiger partial charge on any atom is 0.133 e. The van der Waals surface area contributed by atoms with E-state index in [1.807, 2.05) is 6.20 Å². The van der Waals surface area contributed by atoms with E-state index in [2.05, 4.69) is 49.3 Å². The Balaban J connectivity index is 2.56. The summed E-state index contributed by atoms with van der Waals surface area (Å²) in [6, 6.07) is 6.41. The van der Waals surface area contributed by atoms with Gasteiger partial charge in [0.1, 0.15) is 5.82 Å². The molecule has 0 atom stereocenters. The third-order valence-corrected chi connectivity index (χ3v) is 3.03. The van der Waals surface area contributed by atoms with Crippen LogP contribution in [0.4, 0.5) is 5.82 Å². The molecule has 2 aromatic rings. The number of fused-ring (bicyclic) bond motifs is 1. The van der Waals surface area contributed by atoms with Crippen molar-refractivity contribution < 1.29 is 0 Å². The van der Waals surface area contributed by atoms with Crippen molar-refractivity contribution in [2.24, 2.45) is 0 Å². The first-order chi connectivity index (χ1) is 7.74. The molecule has 2 rings (SSSR count). The molecule has 16 heavy (non-hydrogen) atoms. The van der Waals surface area contributed by atoms with Crippen molar-refractivity contribution >= 4 is 16.6 Å². The molecule has 0 radical (unpaired) electrons. The molecular formula is C14H18N2. The Bertz CT molecular complexity index is 503. The zero-order valence-electron chi connectivity index (χ0n) is 10.2. The maximum atomic E-state index is 4.40. The van der Waals surface area contributed by atoms with Gasteiger partial charge in [-0.1, -0.05) is 19.1 Å². The van der Waals surface area contributed by atoms with Crippen molar-refractivity contribution in [1.82, 2.24) is 4.98 Å². The van der Waals surface area contributed by atoms with Gasteiger partial charge in [-0.25, -0.2) is 4.98 Å². The van der Waals surface area contributed by atoms with Crippen LogP contribution in [-0.2, 0) is 0 Å². The third-order valence-electron chi connectivity index (χ3n) is 3.03. The Morgan fingerprint density at radius 3 is 2.69 bits per heavy atom. The van der Waals surface area contributed by atoms with E-state index < -0.39 is 0 Å². The first kappa shape index (κ1) is 10.9. The number of anilines is 1. The van der Waals surface area contributed by atoms with Crippen LogP contribution in [0.15, 0.2) is 24.4 Å². The molecule has 0 unspecified atom stereocenters. The second-order valence-corrected chi connectivity index (χ2v) is 4.19. The highest BCUT2D eigenvalue weighted by molar-refractivity contribution is 5.94. The largest absolute Gasteiger partial charge is 0.370 e. The number of aromatic nitrogens is 1. The third kappa shape index (κ3) is 1.87. The summed E-state index contributed by atoms with van der Waals surface area (Å²) in [6.07, 6.45) is 3.00. The van der Waals surface area contributed by atoms with Crippen molar-refractivity contribution in [1.29, 1.82) is 0 Å². The lowest BCUT2D eigenvalue weighted by molar-refractivity contribution is 0.972. The average Bonchev–Trinajstić information content (AvgIpc) is 2.31. The monoisotopic (exact) mass is 214 g/mol. The maximum absolute atomic E-state index is 4.40. The lowest BCUT2D eigenvalue weighted by atomic mass is 10.0. The fourth-order valence-corrected chi connectivity index (χ4v) is 1.90. The van der Waals surface area contributed by atoms with Crippen LogP contribution in [0.5, 0.6) is 0 Å². The molecule has 1 N–H and O–H groups in total. The van der Waals surface area contributed by atoms with E-state index in [1.54, 1.807) is 0 Å². The molecule has 1 aromatic carbocycles. The molecule has 0 saturated carbocycles. The predicted molar refractivity (Wildman–Crippen MR) is 70.0 cm³/mol. The van der Waals surface area contributed by atoms with Gasteiger partial charge in [0, 0.05) is 18.1 Å². The van der Waals surface area contributed by atoms with Gasteiger partial charge < -0.3 is 5.32 Å². The van der Waals surface area contributed by atoms with Crippen molar-refractivity contribution in [2.75, 3.05) is 11.9 Å². The molecule has 2 nitrogen and oxygen atoms in total. The van der Waals surface area contributed by atoms with Gasteiger partial charge in [0.2, 0.25) is 0 Å². The van der Waals surface area contributed by atoms with Crippen molar-refractivity contribution in [3.05, 3.63) is 35.5 Å². The first-order valence-corrected chi connectivity index (χ1v) is 5.83. The molecule has 0 aliphatic rings. The molecule has 0 aliphatic heterocycles. The topological polar surface area (TPSA) is 24.9 Å². The van der Waals surface area contributed by atoms with Crippen LogP contribution >= 0.6 is 0 Å². The van der Waals surface area contributed by atoms with E-state index >= 15 is 0 Å². The second-order valence-electron chi connectivity index (χ2n) is 4.19. The molecule has 0 spiro atoms. The molecule has 0 amide bonds. The SMILES string of the molecule is CCCNc1nccc2c(C)c(C)ccc12. The number of benzene rings is 1. The fraction of sp³-hybridized carbons (Fsp3) is 0.357. The number of hydrogen-bond donors (Lipinski definition) is 1. The highest BCUT2D eigenvalue weighted by atomic mass is 15.0. The van der Waals surface area contributed by atoms with Crippen LogP contribution in [0.3, 0.4) is 0 Å². The highest BCUT2D eigenvalue weighted by Gasteiger charge is 2.04. The van der Waals surface area contributed by atoms with Crippen LogP contribution < -0.4 is 5.32 Å². The number of pyridine rings is 1. The van der Waals surface area contributed by atoms with Gasteiger partial charge >= 0.3 is 0 Å². The molecular weight excluding hydrogens is 196 g/mol. The van der Waals surface area contributed by atoms with E-state index in [9.17, 15) is 0 Å². The summed E-state index contributed by atoms with van der Waals surface area (Å²) in [5.74, 6) is 1.00. The Morgan fingerprint density at radius 2 is 1.94 bits per heavy atom. The number of aryl methyl sites for hydroxylation is 2. The molecule has 1 heterocycles.